The Morgan fingerprint density at radius 3 is 2.92 bits per heavy atom. The van der Waals surface area contributed by atoms with Gasteiger partial charge in [0.2, 0.25) is 0 Å². The normalized spacial score (nSPS) is 12.8. The topological polar surface area (TPSA) is 46.6 Å². The van der Waals surface area contributed by atoms with Gasteiger partial charge in [-0.3, -0.25) is 4.79 Å². The van der Waals surface area contributed by atoms with Crippen LogP contribution in [0.4, 0.5) is 11.4 Å². The number of halogens is 1. The third kappa shape index (κ3) is 3.22. The van der Waals surface area contributed by atoms with Crippen molar-refractivity contribution in [2.75, 3.05) is 18.1 Å². The van der Waals surface area contributed by atoms with E-state index in [9.17, 15) is 9.59 Å². The summed E-state index contributed by atoms with van der Waals surface area (Å²) in [6.07, 6.45) is 2.53. The number of hydrogen-bond donors (Lipinski definition) is 0. The molecular formula is C19H18BrNO3. The molecule has 0 aliphatic carbocycles. The molecule has 0 saturated heterocycles. The molecule has 0 spiro atoms. The monoisotopic (exact) mass is 387 g/mol. The van der Waals surface area contributed by atoms with Crippen LogP contribution in [0.2, 0.25) is 0 Å². The van der Waals surface area contributed by atoms with Crippen molar-refractivity contribution in [2.24, 2.45) is 0 Å². The molecule has 24 heavy (non-hydrogen) atoms. The molecule has 0 saturated carbocycles. The van der Waals surface area contributed by atoms with Crippen LogP contribution in [-0.2, 0) is 11.2 Å². The maximum Gasteiger partial charge on any atom is 0.338 e. The van der Waals surface area contributed by atoms with Crippen molar-refractivity contribution in [1.82, 2.24) is 0 Å². The quantitative estimate of drug-likeness (QED) is 0.558. The first-order chi connectivity index (χ1) is 11.6. The molecule has 2 aromatic carbocycles. The highest BCUT2D eigenvalue weighted by Gasteiger charge is 2.24. The molecule has 124 valence electrons. The number of fused-ring (bicyclic) bond motifs is 1. The Morgan fingerprint density at radius 2 is 2.17 bits per heavy atom. The van der Waals surface area contributed by atoms with Crippen LogP contribution in [0.25, 0.3) is 0 Å². The molecule has 1 aliphatic rings. The average Bonchev–Trinajstić information content (AvgIpc) is 3.02. The predicted octanol–water partition coefficient (Wildman–Crippen LogP) is 4.52. The lowest BCUT2D eigenvalue weighted by molar-refractivity contribution is 0.0505. The molecule has 0 N–H and O–H groups in total. The largest absolute Gasteiger partial charge is 0.462 e. The Hall–Kier alpha value is -2.14. The van der Waals surface area contributed by atoms with Gasteiger partial charge in [0.05, 0.1) is 17.9 Å². The van der Waals surface area contributed by atoms with E-state index in [1.807, 2.05) is 37.3 Å². The van der Waals surface area contributed by atoms with Crippen LogP contribution < -0.4 is 4.90 Å². The molecule has 0 atom stereocenters. The summed E-state index contributed by atoms with van der Waals surface area (Å²) in [6, 6.07) is 11.2. The minimum Gasteiger partial charge on any atom is -0.462 e. The van der Waals surface area contributed by atoms with Gasteiger partial charge in [0, 0.05) is 22.3 Å². The summed E-state index contributed by atoms with van der Waals surface area (Å²) in [7, 11) is 0. The number of carbonyl (C=O) groups is 2. The van der Waals surface area contributed by atoms with Crippen LogP contribution >= 0.6 is 15.9 Å². The molecule has 0 radical (unpaired) electrons. The van der Waals surface area contributed by atoms with E-state index in [1.165, 1.54) is 0 Å². The Kier molecular flexibility index (Phi) is 5.00. The van der Waals surface area contributed by atoms with Gasteiger partial charge in [-0.2, -0.15) is 0 Å². The van der Waals surface area contributed by atoms with E-state index >= 15 is 0 Å². The zero-order valence-corrected chi connectivity index (χ0v) is 15.0. The smallest absolute Gasteiger partial charge is 0.338 e. The lowest BCUT2D eigenvalue weighted by atomic mass is 10.1. The second-order valence-electron chi connectivity index (χ2n) is 5.71. The summed E-state index contributed by atoms with van der Waals surface area (Å²) < 4.78 is 6.11. The average molecular weight is 388 g/mol. The zero-order valence-electron chi connectivity index (χ0n) is 13.4. The highest BCUT2D eigenvalue weighted by molar-refractivity contribution is 9.10. The molecule has 0 unspecified atom stereocenters. The van der Waals surface area contributed by atoms with Crippen LogP contribution in [0.3, 0.4) is 0 Å². The number of ether oxygens (including phenoxy) is 1. The lowest BCUT2D eigenvalue weighted by Gasteiger charge is -2.21. The lowest BCUT2D eigenvalue weighted by Crippen LogP contribution is -2.15. The molecule has 4 nitrogen and oxygen atoms in total. The fourth-order valence-corrected chi connectivity index (χ4v) is 3.49. The van der Waals surface area contributed by atoms with Crippen molar-refractivity contribution >= 4 is 39.6 Å². The van der Waals surface area contributed by atoms with E-state index in [4.69, 9.17) is 4.74 Å². The minimum absolute atomic E-state index is 0.315. The van der Waals surface area contributed by atoms with Crippen LogP contribution in [0, 0.1) is 0 Å². The third-order valence-electron chi connectivity index (χ3n) is 4.02. The van der Waals surface area contributed by atoms with Crippen molar-refractivity contribution in [3.63, 3.8) is 0 Å². The minimum atomic E-state index is -0.315. The van der Waals surface area contributed by atoms with Gasteiger partial charge in [-0.05, 0) is 48.7 Å². The summed E-state index contributed by atoms with van der Waals surface area (Å²) in [5.74, 6) is -0.315. The summed E-state index contributed by atoms with van der Waals surface area (Å²) >= 11 is 3.45. The van der Waals surface area contributed by atoms with E-state index < -0.39 is 0 Å². The van der Waals surface area contributed by atoms with Crippen LogP contribution in [-0.4, -0.2) is 25.4 Å². The highest BCUT2D eigenvalue weighted by atomic mass is 79.9. The first-order valence-corrected chi connectivity index (χ1v) is 8.75. The Balaban J connectivity index is 1.96. The first kappa shape index (κ1) is 16.7. The van der Waals surface area contributed by atoms with E-state index in [2.05, 4.69) is 20.8 Å². The standard InChI is InChI=1S/C19H18BrNO3/c1-2-8-24-19(23)14-4-3-5-17(11-14)21-7-6-13-9-16(20)10-15(12-22)18(13)21/h3-5,9-12H,2,6-8H2,1H3. The van der Waals surface area contributed by atoms with E-state index in [-0.39, 0.29) is 5.97 Å². The maximum atomic E-state index is 12.1. The molecule has 0 fully saturated rings. The number of anilines is 2. The number of aldehydes is 1. The molecular weight excluding hydrogens is 370 g/mol. The van der Waals surface area contributed by atoms with Crippen molar-refractivity contribution in [1.29, 1.82) is 0 Å². The van der Waals surface area contributed by atoms with Crippen molar-refractivity contribution in [3.8, 4) is 0 Å². The van der Waals surface area contributed by atoms with Gasteiger partial charge in [0.15, 0.2) is 6.29 Å². The third-order valence-corrected chi connectivity index (χ3v) is 4.47. The van der Waals surface area contributed by atoms with Gasteiger partial charge in [0.1, 0.15) is 0 Å². The predicted molar refractivity (Wildman–Crippen MR) is 97.3 cm³/mol. The van der Waals surface area contributed by atoms with Crippen molar-refractivity contribution < 1.29 is 14.3 Å². The molecule has 1 aliphatic heterocycles. The van der Waals surface area contributed by atoms with Gasteiger partial charge < -0.3 is 9.64 Å². The number of hydrogen-bond acceptors (Lipinski definition) is 4. The Labute approximate surface area is 149 Å². The van der Waals surface area contributed by atoms with E-state index in [0.717, 1.165) is 47.1 Å². The summed E-state index contributed by atoms with van der Waals surface area (Å²) in [6.45, 7) is 3.16. The molecule has 0 aromatic heterocycles. The first-order valence-electron chi connectivity index (χ1n) is 7.96. The number of esters is 1. The molecule has 0 amide bonds. The highest BCUT2D eigenvalue weighted by Crippen LogP contribution is 2.38. The number of nitrogens with zero attached hydrogens (tertiary/aromatic N) is 1. The van der Waals surface area contributed by atoms with Crippen molar-refractivity contribution in [2.45, 2.75) is 19.8 Å². The maximum absolute atomic E-state index is 12.1. The second-order valence-corrected chi connectivity index (χ2v) is 6.62. The van der Waals surface area contributed by atoms with Gasteiger partial charge in [-0.15, -0.1) is 0 Å². The van der Waals surface area contributed by atoms with E-state index in [1.54, 1.807) is 6.07 Å². The molecule has 3 rings (SSSR count). The molecule has 0 bridgehead atoms. The van der Waals surface area contributed by atoms with Crippen LogP contribution in [0.5, 0.6) is 0 Å². The fraction of sp³-hybridized carbons (Fsp3) is 0.263. The molecule has 2 aromatic rings. The van der Waals surface area contributed by atoms with E-state index in [0.29, 0.717) is 17.7 Å². The number of benzene rings is 2. The Bertz CT molecular complexity index is 788. The SMILES string of the molecule is CCCOC(=O)c1cccc(N2CCc3cc(Br)cc(C=O)c32)c1. The van der Waals surface area contributed by atoms with Crippen LogP contribution in [0.1, 0.15) is 39.6 Å². The Morgan fingerprint density at radius 1 is 1.33 bits per heavy atom. The summed E-state index contributed by atoms with van der Waals surface area (Å²) in [4.78, 5) is 25.6. The van der Waals surface area contributed by atoms with Gasteiger partial charge >= 0.3 is 5.97 Å². The summed E-state index contributed by atoms with van der Waals surface area (Å²) in [5, 5.41) is 0. The van der Waals surface area contributed by atoms with Gasteiger partial charge in [-0.1, -0.05) is 28.9 Å². The second kappa shape index (κ2) is 7.18. The molecule has 5 heteroatoms. The van der Waals surface area contributed by atoms with Gasteiger partial charge in [0.25, 0.3) is 0 Å². The summed E-state index contributed by atoms with van der Waals surface area (Å²) in [5.41, 5.74) is 4.12. The van der Waals surface area contributed by atoms with Crippen molar-refractivity contribution in [3.05, 3.63) is 57.6 Å². The number of rotatable bonds is 5. The van der Waals surface area contributed by atoms with Crippen LogP contribution in [0.15, 0.2) is 40.9 Å². The van der Waals surface area contributed by atoms with Gasteiger partial charge in [-0.25, -0.2) is 4.79 Å². The zero-order chi connectivity index (χ0) is 17.1. The number of carbonyl (C=O) groups excluding carboxylic acids is 2. The molecule has 1 heterocycles. The fourth-order valence-electron chi connectivity index (χ4n) is 2.97.